The normalized spacial score (nSPS) is 13.0. The van der Waals surface area contributed by atoms with Crippen LogP contribution in [0.25, 0.3) is 0 Å². The highest BCUT2D eigenvalue weighted by Crippen LogP contribution is 2.17. The van der Waals surface area contributed by atoms with Crippen LogP contribution in [0.15, 0.2) is 53.5 Å². The van der Waals surface area contributed by atoms with Crippen molar-refractivity contribution in [3.8, 4) is 0 Å². The summed E-state index contributed by atoms with van der Waals surface area (Å²) in [6.45, 7) is 0.922. The second-order valence-electron chi connectivity index (χ2n) is 5.93. The highest BCUT2D eigenvalue weighted by atomic mass is 19.1. The Balaban J connectivity index is 1.96. The SMILES string of the molecule is CN=C(NCc1ccccc1F)NCC(c1ccc(F)cc1)N(C)C. The molecule has 25 heavy (non-hydrogen) atoms. The van der Waals surface area contributed by atoms with Crippen molar-refractivity contribution in [1.82, 2.24) is 15.5 Å². The fraction of sp³-hybridized carbons (Fsp3) is 0.316. The monoisotopic (exact) mass is 346 g/mol. The molecule has 0 bridgehead atoms. The molecule has 2 N–H and O–H groups in total. The summed E-state index contributed by atoms with van der Waals surface area (Å²) in [7, 11) is 5.59. The van der Waals surface area contributed by atoms with Crippen LogP contribution in [-0.4, -0.2) is 38.5 Å². The van der Waals surface area contributed by atoms with Gasteiger partial charge in [-0.25, -0.2) is 8.78 Å². The van der Waals surface area contributed by atoms with Crippen molar-refractivity contribution in [2.24, 2.45) is 4.99 Å². The Labute approximate surface area is 147 Å². The Morgan fingerprint density at radius 1 is 1.04 bits per heavy atom. The maximum Gasteiger partial charge on any atom is 0.191 e. The molecule has 0 aliphatic carbocycles. The van der Waals surface area contributed by atoms with E-state index in [4.69, 9.17) is 0 Å². The Morgan fingerprint density at radius 2 is 1.72 bits per heavy atom. The molecule has 0 saturated carbocycles. The maximum absolute atomic E-state index is 13.7. The summed E-state index contributed by atoms with van der Waals surface area (Å²) in [6, 6.07) is 13.1. The van der Waals surface area contributed by atoms with Crippen LogP contribution >= 0.6 is 0 Å². The lowest BCUT2D eigenvalue weighted by molar-refractivity contribution is 0.298. The van der Waals surface area contributed by atoms with Gasteiger partial charge in [-0.15, -0.1) is 0 Å². The molecular formula is C19H24F2N4. The number of nitrogens with zero attached hydrogens (tertiary/aromatic N) is 2. The molecule has 0 amide bonds. The number of aliphatic imine (C=N–C) groups is 1. The molecule has 0 radical (unpaired) electrons. The Morgan fingerprint density at radius 3 is 2.32 bits per heavy atom. The highest BCUT2D eigenvalue weighted by Gasteiger charge is 2.15. The minimum absolute atomic E-state index is 0.0487. The third kappa shape index (κ3) is 5.53. The highest BCUT2D eigenvalue weighted by molar-refractivity contribution is 5.79. The van der Waals surface area contributed by atoms with Gasteiger partial charge in [0.15, 0.2) is 5.96 Å². The topological polar surface area (TPSA) is 39.7 Å². The summed E-state index contributed by atoms with van der Waals surface area (Å²) < 4.78 is 26.8. The van der Waals surface area contributed by atoms with Crippen LogP contribution in [0, 0.1) is 11.6 Å². The van der Waals surface area contributed by atoms with Gasteiger partial charge in [0.25, 0.3) is 0 Å². The lowest BCUT2D eigenvalue weighted by Gasteiger charge is -2.26. The number of rotatable bonds is 6. The first kappa shape index (κ1) is 18.9. The van der Waals surface area contributed by atoms with E-state index < -0.39 is 0 Å². The average Bonchev–Trinajstić information content (AvgIpc) is 2.60. The van der Waals surface area contributed by atoms with Crippen molar-refractivity contribution < 1.29 is 8.78 Å². The van der Waals surface area contributed by atoms with E-state index in [0.29, 0.717) is 24.6 Å². The fourth-order valence-electron chi connectivity index (χ4n) is 2.52. The van der Waals surface area contributed by atoms with Crippen molar-refractivity contribution in [3.05, 3.63) is 71.3 Å². The first-order valence-electron chi connectivity index (χ1n) is 8.11. The van der Waals surface area contributed by atoms with E-state index in [1.807, 2.05) is 19.0 Å². The number of halogens is 2. The first-order chi connectivity index (χ1) is 12.0. The van der Waals surface area contributed by atoms with Gasteiger partial charge in [-0.05, 0) is 37.9 Å². The van der Waals surface area contributed by atoms with Gasteiger partial charge in [-0.3, -0.25) is 4.99 Å². The molecular weight excluding hydrogens is 322 g/mol. The summed E-state index contributed by atoms with van der Waals surface area (Å²) in [5, 5.41) is 6.34. The largest absolute Gasteiger partial charge is 0.354 e. The zero-order valence-electron chi connectivity index (χ0n) is 14.8. The first-order valence-corrected chi connectivity index (χ1v) is 8.11. The van der Waals surface area contributed by atoms with Crippen molar-refractivity contribution in [3.63, 3.8) is 0 Å². The van der Waals surface area contributed by atoms with Crippen LogP contribution in [0.1, 0.15) is 17.2 Å². The molecule has 0 aromatic heterocycles. The number of guanidine groups is 1. The van der Waals surface area contributed by atoms with Crippen LogP contribution < -0.4 is 10.6 Å². The summed E-state index contributed by atoms with van der Waals surface area (Å²) in [4.78, 5) is 6.21. The molecule has 2 aromatic carbocycles. The predicted molar refractivity (Wildman–Crippen MR) is 97.4 cm³/mol. The average molecular weight is 346 g/mol. The number of nitrogens with one attached hydrogen (secondary N) is 2. The van der Waals surface area contributed by atoms with E-state index >= 15 is 0 Å². The van der Waals surface area contributed by atoms with Gasteiger partial charge in [0, 0.05) is 25.7 Å². The number of likely N-dealkylation sites (N-methyl/N-ethyl adjacent to an activating group) is 1. The van der Waals surface area contributed by atoms with E-state index in [1.54, 1.807) is 37.4 Å². The van der Waals surface area contributed by atoms with Gasteiger partial charge >= 0.3 is 0 Å². The van der Waals surface area contributed by atoms with Crippen LogP contribution in [-0.2, 0) is 6.54 Å². The van der Waals surface area contributed by atoms with Crippen LogP contribution in [0.5, 0.6) is 0 Å². The Kier molecular flexibility index (Phi) is 6.89. The third-order valence-corrected chi connectivity index (χ3v) is 3.97. The Hall–Kier alpha value is -2.47. The second-order valence-corrected chi connectivity index (χ2v) is 5.93. The van der Waals surface area contributed by atoms with Gasteiger partial charge < -0.3 is 15.5 Å². The standard InChI is InChI=1S/C19H24F2N4/c1-22-19(23-12-15-6-4-5-7-17(15)21)24-13-18(25(2)3)14-8-10-16(20)11-9-14/h4-11,18H,12-13H2,1-3H3,(H2,22,23,24). The fourth-order valence-corrected chi connectivity index (χ4v) is 2.52. The van der Waals surface area contributed by atoms with Crippen LogP contribution in [0.3, 0.4) is 0 Å². The van der Waals surface area contributed by atoms with E-state index in [0.717, 1.165) is 5.56 Å². The lowest BCUT2D eigenvalue weighted by Crippen LogP contribution is -2.41. The van der Waals surface area contributed by atoms with E-state index in [1.165, 1.54) is 18.2 Å². The third-order valence-electron chi connectivity index (χ3n) is 3.97. The van der Waals surface area contributed by atoms with Crippen molar-refractivity contribution in [2.45, 2.75) is 12.6 Å². The Bertz CT molecular complexity index is 699. The summed E-state index contributed by atoms with van der Waals surface area (Å²) in [6.07, 6.45) is 0. The molecule has 2 rings (SSSR count). The minimum Gasteiger partial charge on any atom is -0.354 e. The molecule has 134 valence electrons. The van der Waals surface area contributed by atoms with Crippen molar-refractivity contribution >= 4 is 5.96 Å². The molecule has 0 aliphatic rings. The molecule has 0 spiro atoms. The maximum atomic E-state index is 13.7. The number of benzene rings is 2. The minimum atomic E-state index is -0.253. The summed E-state index contributed by atoms with van der Waals surface area (Å²) >= 11 is 0. The van der Waals surface area contributed by atoms with Gasteiger partial charge in [-0.1, -0.05) is 30.3 Å². The molecule has 0 saturated heterocycles. The number of hydrogen-bond acceptors (Lipinski definition) is 2. The number of hydrogen-bond donors (Lipinski definition) is 2. The van der Waals surface area contributed by atoms with E-state index in [-0.39, 0.29) is 17.7 Å². The van der Waals surface area contributed by atoms with Gasteiger partial charge in [-0.2, -0.15) is 0 Å². The molecule has 0 fully saturated rings. The molecule has 1 unspecified atom stereocenters. The van der Waals surface area contributed by atoms with Gasteiger partial charge in [0.2, 0.25) is 0 Å². The van der Waals surface area contributed by atoms with Crippen molar-refractivity contribution in [1.29, 1.82) is 0 Å². The summed E-state index contributed by atoms with van der Waals surface area (Å²) in [5.41, 5.74) is 1.58. The molecule has 4 nitrogen and oxygen atoms in total. The van der Waals surface area contributed by atoms with Gasteiger partial charge in [0.1, 0.15) is 11.6 Å². The van der Waals surface area contributed by atoms with E-state index in [2.05, 4.69) is 15.6 Å². The van der Waals surface area contributed by atoms with Gasteiger partial charge in [0.05, 0.1) is 6.04 Å². The van der Waals surface area contributed by atoms with Crippen LogP contribution in [0.4, 0.5) is 8.78 Å². The molecule has 2 aromatic rings. The second kappa shape index (κ2) is 9.13. The van der Waals surface area contributed by atoms with Crippen molar-refractivity contribution in [2.75, 3.05) is 27.7 Å². The predicted octanol–water partition coefficient (Wildman–Crippen LogP) is 2.93. The quantitative estimate of drug-likeness (QED) is 0.624. The zero-order valence-corrected chi connectivity index (χ0v) is 14.8. The summed E-state index contributed by atoms with van der Waals surface area (Å²) in [5.74, 6) is 0.0803. The van der Waals surface area contributed by atoms with Crippen LogP contribution in [0.2, 0.25) is 0 Å². The molecule has 0 heterocycles. The smallest absolute Gasteiger partial charge is 0.191 e. The van der Waals surface area contributed by atoms with E-state index in [9.17, 15) is 8.78 Å². The molecule has 1 atom stereocenters. The molecule has 0 aliphatic heterocycles. The molecule has 6 heteroatoms. The zero-order chi connectivity index (χ0) is 18.2. The lowest BCUT2D eigenvalue weighted by atomic mass is 10.1.